The number of hydrogen-bond acceptors (Lipinski definition) is 3. The van der Waals surface area contributed by atoms with Gasteiger partial charge < -0.3 is 14.6 Å². The van der Waals surface area contributed by atoms with Crippen molar-refractivity contribution < 1.29 is 9.21 Å². The van der Waals surface area contributed by atoms with Crippen molar-refractivity contribution in [3.63, 3.8) is 0 Å². The summed E-state index contributed by atoms with van der Waals surface area (Å²) in [6, 6.07) is 11.1. The Hall–Kier alpha value is -1.75. The minimum absolute atomic E-state index is 0.0440. The molecule has 0 radical (unpaired) electrons. The van der Waals surface area contributed by atoms with Gasteiger partial charge in [-0.15, -0.1) is 0 Å². The average Bonchev–Trinajstić information content (AvgIpc) is 2.83. The van der Waals surface area contributed by atoms with Crippen LogP contribution in [0.15, 0.2) is 45.5 Å². The van der Waals surface area contributed by atoms with Gasteiger partial charge in [0.2, 0.25) is 0 Å². The van der Waals surface area contributed by atoms with Crippen LogP contribution >= 0.6 is 15.9 Å². The fourth-order valence-electron chi connectivity index (χ4n) is 1.84. The Morgan fingerprint density at radius 2 is 2.05 bits per heavy atom. The molecule has 0 fully saturated rings. The largest absolute Gasteiger partial charge is 0.452 e. The van der Waals surface area contributed by atoms with Gasteiger partial charge >= 0.3 is 0 Å². The molecule has 100 valence electrons. The van der Waals surface area contributed by atoms with E-state index in [1.54, 1.807) is 19.0 Å². The van der Waals surface area contributed by atoms with Gasteiger partial charge in [0.25, 0.3) is 5.91 Å². The number of para-hydroxylation sites is 1. The Balaban J connectivity index is 2.14. The Morgan fingerprint density at radius 1 is 1.32 bits per heavy atom. The topological polar surface area (TPSA) is 45.5 Å². The van der Waals surface area contributed by atoms with Crippen LogP contribution in [-0.4, -0.2) is 24.9 Å². The second-order valence-corrected chi connectivity index (χ2v) is 4.94. The zero-order chi connectivity index (χ0) is 13.8. The highest BCUT2D eigenvalue weighted by atomic mass is 79.9. The second-order valence-electron chi connectivity index (χ2n) is 4.16. The summed E-state index contributed by atoms with van der Waals surface area (Å²) in [4.78, 5) is 14.0. The number of hydrogen-bond donors (Lipinski definition) is 1. The number of halogens is 1. The first-order valence-corrected chi connectivity index (χ1v) is 6.67. The molecular weight excluding hydrogens is 308 g/mol. The first-order chi connectivity index (χ1) is 9.11. The van der Waals surface area contributed by atoms with Gasteiger partial charge in [-0.1, -0.05) is 12.1 Å². The maximum absolute atomic E-state index is 12.4. The summed E-state index contributed by atoms with van der Waals surface area (Å²) in [6.45, 7) is 0.433. The second kappa shape index (κ2) is 5.93. The summed E-state index contributed by atoms with van der Waals surface area (Å²) < 4.78 is 6.07. The molecule has 1 aromatic heterocycles. The number of carbonyl (C=O) groups excluding carboxylic acids is 1. The van der Waals surface area contributed by atoms with Crippen LogP contribution in [0.25, 0.3) is 0 Å². The standard InChI is InChI=1S/C14H15BrN2O2/c1-16-12-6-4-3-5-11(12)14(18)17(2)9-10-7-8-13(15)19-10/h3-8,16H,9H2,1-2H3. The van der Waals surface area contributed by atoms with Crippen molar-refractivity contribution in [1.29, 1.82) is 0 Å². The number of nitrogens with one attached hydrogen (secondary N) is 1. The number of furan rings is 1. The predicted octanol–water partition coefficient (Wildman–Crippen LogP) is 3.36. The number of carbonyl (C=O) groups is 1. The molecule has 0 bridgehead atoms. The lowest BCUT2D eigenvalue weighted by Gasteiger charge is -2.17. The summed E-state index contributed by atoms with van der Waals surface area (Å²) >= 11 is 3.25. The molecule has 0 atom stereocenters. The molecule has 5 heteroatoms. The third kappa shape index (κ3) is 3.17. The molecule has 4 nitrogen and oxygen atoms in total. The molecule has 1 N–H and O–H groups in total. The average molecular weight is 323 g/mol. The molecule has 2 aromatic rings. The van der Waals surface area contributed by atoms with E-state index in [0.29, 0.717) is 16.8 Å². The Labute approximate surface area is 120 Å². The molecule has 1 amide bonds. The lowest BCUT2D eigenvalue weighted by Crippen LogP contribution is -2.26. The molecule has 0 unspecified atom stereocenters. The third-order valence-electron chi connectivity index (χ3n) is 2.80. The van der Waals surface area contributed by atoms with Crippen molar-refractivity contribution in [2.45, 2.75) is 6.54 Å². The molecule has 1 aromatic carbocycles. The molecule has 0 aliphatic carbocycles. The third-order valence-corrected chi connectivity index (χ3v) is 3.22. The zero-order valence-electron chi connectivity index (χ0n) is 10.8. The van der Waals surface area contributed by atoms with Gasteiger partial charge in [0.15, 0.2) is 4.67 Å². The summed E-state index contributed by atoms with van der Waals surface area (Å²) in [5.41, 5.74) is 1.47. The van der Waals surface area contributed by atoms with Crippen LogP contribution < -0.4 is 5.32 Å². The zero-order valence-corrected chi connectivity index (χ0v) is 12.4. The van der Waals surface area contributed by atoms with Gasteiger partial charge in [-0.25, -0.2) is 0 Å². The molecular formula is C14H15BrN2O2. The van der Waals surface area contributed by atoms with E-state index >= 15 is 0 Å². The number of amides is 1. The fourth-order valence-corrected chi connectivity index (χ4v) is 2.18. The maximum atomic E-state index is 12.4. The van der Waals surface area contributed by atoms with E-state index in [-0.39, 0.29) is 5.91 Å². The van der Waals surface area contributed by atoms with Crippen molar-refractivity contribution in [3.8, 4) is 0 Å². The van der Waals surface area contributed by atoms with Gasteiger partial charge in [-0.2, -0.15) is 0 Å². The summed E-state index contributed by atoms with van der Waals surface area (Å²) in [6.07, 6.45) is 0. The minimum atomic E-state index is -0.0440. The molecule has 1 heterocycles. The molecule has 0 aliphatic heterocycles. The summed E-state index contributed by atoms with van der Waals surface area (Å²) in [7, 11) is 3.56. The Morgan fingerprint density at radius 3 is 2.68 bits per heavy atom. The van der Waals surface area contributed by atoms with E-state index in [9.17, 15) is 4.79 Å². The van der Waals surface area contributed by atoms with Gasteiger partial charge in [-0.3, -0.25) is 4.79 Å². The first-order valence-electron chi connectivity index (χ1n) is 5.88. The molecule has 0 spiro atoms. The van der Waals surface area contributed by atoms with Crippen LogP contribution in [0.1, 0.15) is 16.1 Å². The Kier molecular flexibility index (Phi) is 4.27. The van der Waals surface area contributed by atoms with Crippen LogP contribution in [-0.2, 0) is 6.54 Å². The minimum Gasteiger partial charge on any atom is -0.452 e. The van der Waals surface area contributed by atoms with Crippen molar-refractivity contribution in [2.24, 2.45) is 0 Å². The van der Waals surface area contributed by atoms with Crippen molar-refractivity contribution in [3.05, 3.63) is 52.4 Å². The summed E-state index contributed by atoms with van der Waals surface area (Å²) in [5, 5.41) is 3.02. The van der Waals surface area contributed by atoms with E-state index in [4.69, 9.17) is 4.42 Å². The Bertz CT molecular complexity index is 580. The lowest BCUT2D eigenvalue weighted by molar-refractivity contribution is 0.0776. The van der Waals surface area contributed by atoms with Crippen molar-refractivity contribution in [2.75, 3.05) is 19.4 Å². The molecule has 2 rings (SSSR count). The smallest absolute Gasteiger partial charge is 0.256 e. The highest BCUT2D eigenvalue weighted by molar-refractivity contribution is 9.10. The van der Waals surface area contributed by atoms with Crippen LogP contribution in [0.2, 0.25) is 0 Å². The highest BCUT2D eigenvalue weighted by Gasteiger charge is 2.16. The van der Waals surface area contributed by atoms with E-state index in [1.165, 1.54) is 0 Å². The van der Waals surface area contributed by atoms with Gasteiger partial charge in [0.1, 0.15) is 5.76 Å². The molecule has 0 saturated carbocycles. The highest BCUT2D eigenvalue weighted by Crippen LogP contribution is 2.19. The maximum Gasteiger partial charge on any atom is 0.256 e. The van der Waals surface area contributed by atoms with Crippen LogP contribution in [0.4, 0.5) is 5.69 Å². The van der Waals surface area contributed by atoms with Crippen molar-refractivity contribution in [1.82, 2.24) is 4.90 Å². The molecule has 19 heavy (non-hydrogen) atoms. The van der Waals surface area contributed by atoms with Crippen LogP contribution in [0.3, 0.4) is 0 Å². The van der Waals surface area contributed by atoms with Crippen LogP contribution in [0, 0.1) is 0 Å². The van der Waals surface area contributed by atoms with E-state index < -0.39 is 0 Å². The van der Waals surface area contributed by atoms with Gasteiger partial charge in [0, 0.05) is 19.8 Å². The SMILES string of the molecule is CNc1ccccc1C(=O)N(C)Cc1ccc(Br)o1. The van der Waals surface area contributed by atoms with Gasteiger partial charge in [0.05, 0.1) is 12.1 Å². The van der Waals surface area contributed by atoms with Crippen LogP contribution in [0.5, 0.6) is 0 Å². The normalized spacial score (nSPS) is 10.3. The predicted molar refractivity (Wildman–Crippen MR) is 78.2 cm³/mol. The number of anilines is 1. The van der Waals surface area contributed by atoms with Crippen molar-refractivity contribution >= 4 is 27.5 Å². The number of rotatable bonds is 4. The monoisotopic (exact) mass is 322 g/mol. The summed E-state index contributed by atoms with van der Waals surface area (Å²) in [5.74, 6) is 0.696. The molecule has 0 saturated heterocycles. The quantitative estimate of drug-likeness (QED) is 0.938. The van der Waals surface area contributed by atoms with Gasteiger partial charge in [-0.05, 0) is 40.2 Å². The number of benzene rings is 1. The van der Waals surface area contributed by atoms with E-state index in [0.717, 1.165) is 11.4 Å². The number of nitrogens with zero attached hydrogens (tertiary/aromatic N) is 1. The lowest BCUT2D eigenvalue weighted by atomic mass is 10.1. The molecule has 0 aliphatic rings. The van der Waals surface area contributed by atoms with E-state index in [1.807, 2.05) is 36.4 Å². The first kappa shape index (κ1) is 13.7. The fraction of sp³-hybridized carbons (Fsp3) is 0.214. The van der Waals surface area contributed by atoms with E-state index in [2.05, 4.69) is 21.2 Å².